The Morgan fingerprint density at radius 1 is 1.36 bits per heavy atom. The van der Waals surface area contributed by atoms with Gasteiger partial charge >= 0.3 is 0 Å². The first-order valence-electron chi connectivity index (χ1n) is 4.73. The Kier molecular flexibility index (Phi) is 3.96. The first-order chi connectivity index (χ1) is 6.54. The van der Waals surface area contributed by atoms with Crippen LogP contribution in [-0.4, -0.2) is 16.3 Å². The van der Waals surface area contributed by atoms with Crippen LogP contribution < -0.4 is 0 Å². The molecular formula is C11H15BrO2. The van der Waals surface area contributed by atoms with Crippen molar-refractivity contribution in [1.82, 2.24) is 0 Å². The van der Waals surface area contributed by atoms with Crippen LogP contribution in [0.15, 0.2) is 16.6 Å². The number of aromatic hydroxyl groups is 1. The monoisotopic (exact) mass is 258 g/mol. The van der Waals surface area contributed by atoms with Gasteiger partial charge in [-0.3, -0.25) is 0 Å². The first kappa shape index (κ1) is 11.5. The summed E-state index contributed by atoms with van der Waals surface area (Å²) in [5.74, 6) is 0.269. The van der Waals surface area contributed by atoms with Crippen molar-refractivity contribution in [3.05, 3.63) is 27.7 Å². The van der Waals surface area contributed by atoms with E-state index in [0.717, 1.165) is 22.0 Å². The van der Waals surface area contributed by atoms with Gasteiger partial charge in [-0.15, -0.1) is 0 Å². The summed E-state index contributed by atoms with van der Waals surface area (Å²) in [6, 6.07) is 3.63. The zero-order valence-corrected chi connectivity index (χ0v) is 10.0. The molecule has 1 unspecified atom stereocenters. The average molecular weight is 259 g/mol. The van der Waals surface area contributed by atoms with Gasteiger partial charge in [0, 0.05) is 10.9 Å². The van der Waals surface area contributed by atoms with Crippen molar-refractivity contribution in [3.8, 4) is 5.75 Å². The zero-order valence-electron chi connectivity index (χ0n) is 8.42. The van der Waals surface area contributed by atoms with Crippen LogP contribution in [0.25, 0.3) is 0 Å². The maximum atomic E-state index is 9.66. The van der Waals surface area contributed by atoms with Gasteiger partial charge in [0.05, 0.1) is 6.10 Å². The van der Waals surface area contributed by atoms with Crippen LogP contribution in [0.5, 0.6) is 5.75 Å². The lowest BCUT2D eigenvalue weighted by Gasteiger charge is -2.10. The summed E-state index contributed by atoms with van der Waals surface area (Å²) in [4.78, 5) is 0. The molecule has 2 nitrogen and oxygen atoms in total. The van der Waals surface area contributed by atoms with Crippen LogP contribution in [0.3, 0.4) is 0 Å². The highest BCUT2D eigenvalue weighted by molar-refractivity contribution is 9.10. The topological polar surface area (TPSA) is 40.5 Å². The molecule has 1 aromatic rings. The van der Waals surface area contributed by atoms with Gasteiger partial charge in [-0.2, -0.15) is 0 Å². The van der Waals surface area contributed by atoms with E-state index in [4.69, 9.17) is 0 Å². The van der Waals surface area contributed by atoms with Crippen molar-refractivity contribution in [2.45, 2.75) is 32.8 Å². The molecule has 78 valence electrons. The molecule has 1 aromatic carbocycles. The lowest BCUT2D eigenvalue weighted by atomic mass is 10.0. The average Bonchev–Trinajstić information content (AvgIpc) is 2.10. The number of rotatable bonds is 3. The summed E-state index contributed by atoms with van der Waals surface area (Å²) < 4.78 is 0.994. The Balaban J connectivity index is 3.02. The number of hydrogen-bond acceptors (Lipinski definition) is 2. The summed E-state index contributed by atoms with van der Waals surface area (Å²) in [5.41, 5.74) is 1.86. The molecule has 0 amide bonds. The van der Waals surface area contributed by atoms with Gasteiger partial charge in [-0.25, -0.2) is 0 Å². The Hall–Kier alpha value is -0.540. The standard InChI is InChI=1S/C11H15BrO2/c1-3-8-6-11(14)9(4-7(2)13)5-10(8)12/h5-7,13-14H,3-4H2,1-2H3. The van der Waals surface area contributed by atoms with Crippen LogP contribution in [-0.2, 0) is 12.8 Å². The van der Waals surface area contributed by atoms with Gasteiger partial charge in [0.15, 0.2) is 0 Å². The molecule has 1 rings (SSSR count). The summed E-state index contributed by atoms with van der Waals surface area (Å²) >= 11 is 3.44. The molecule has 0 aromatic heterocycles. The lowest BCUT2D eigenvalue weighted by Crippen LogP contribution is -2.04. The number of hydrogen-bond donors (Lipinski definition) is 2. The maximum absolute atomic E-state index is 9.66. The van der Waals surface area contributed by atoms with Crippen molar-refractivity contribution in [2.75, 3.05) is 0 Å². The largest absolute Gasteiger partial charge is 0.508 e. The zero-order chi connectivity index (χ0) is 10.7. The third kappa shape index (κ3) is 2.72. The molecule has 0 radical (unpaired) electrons. The second kappa shape index (κ2) is 4.80. The number of aliphatic hydroxyl groups excluding tert-OH is 1. The minimum atomic E-state index is -0.430. The molecule has 0 saturated carbocycles. The summed E-state index contributed by atoms with van der Waals surface area (Å²) in [7, 11) is 0. The maximum Gasteiger partial charge on any atom is 0.119 e. The minimum absolute atomic E-state index is 0.269. The smallest absolute Gasteiger partial charge is 0.119 e. The van der Waals surface area contributed by atoms with Crippen molar-refractivity contribution in [2.24, 2.45) is 0 Å². The highest BCUT2D eigenvalue weighted by atomic mass is 79.9. The number of benzene rings is 1. The third-order valence-corrected chi connectivity index (χ3v) is 2.88. The first-order valence-corrected chi connectivity index (χ1v) is 5.52. The third-order valence-electron chi connectivity index (χ3n) is 2.14. The molecule has 3 heteroatoms. The number of aliphatic hydroxyl groups is 1. The molecule has 14 heavy (non-hydrogen) atoms. The number of halogens is 1. The second-order valence-corrected chi connectivity index (χ2v) is 4.33. The van der Waals surface area contributed by atoms with E-state index in [1.54, 1.807) is 13.0 Å². The van der Waals surface area contributed by atoms with Gasteiger partial charge in [-0.1, -0.05) is 22.9 Å². The molecule has 0 fully saturated rings. The quantitative estimate of drug-likeness (QED) is 0.876. The van der Waals surface area contributed by atoms with E-state index in [1.165, 1.54) is 0 Å². The van der Waals surface area contributed by atoms with Crippen molar-refractivity contribution < 1.29 is 10.2 Å². The van der Waals surface area contributed by atoms with Crippen LogP contribution in [0, 0.1) is 0 Å². The predicted octanol–water partition coefficient (Wildman–Crippen LogP) is 2.64. The molecule has 1 atom stereocenters. The molecule has 0 heterocycles. The summed E-state index contributed by atoms with van der Waals surface area (Å²) in [6.07, 6.45) is 0.928. The van der Waals surface area contributed by atoms with Gasteiger partial charge in [0.25, 0.3) is 0 Å². The minimum Gasteiger partial charge on any atom is -0.508 e. The van der Waals surface area contributed by atoms with E-state index in [1.807, 2.05) is 13.0 Å². The Morgan fingerprint density at radius 2 is 2.00 bits per heavy atom. The molecule has 0 aliphatic carbocycles. The van der Waals surface area contributed by atoms with E-state index in [0.29, 0.717) is 6.42 Å². The van der Waals surface area contributed by atoms with Gasteiger partial charge in [-0.05, 0) is 36.6 Å². The van der Waals surface area contributed by atoms with E-state index in [9.17, 15) is 10.2 Å². The van der Waals surface area contributed by atoms with Crippen molar-refractivity contribution in [1.29, 1.82) is 0 Å². The molecule has 0 aliphatic heterocycles. The summed E-state index contributed by atoms with van der Waals surface area (Å²) in [5, 5.41) is 18.9. The molecule has 0 saturated heterocycles. The van der Waals surface area contributed by atoms with Gasteiger partial charge < -0.3 is 10.2 Å². The Bertz CT molecular complexity index is 321. The van der Waals surface area contributed by atoms with E-state index >= 15 is 0 Å². The van der Waals surface area contributed by atoms with Crippen LogP contribution in [0.4, 0.5) is 0 Å². The summed E-state index contributed by atoms with van der Waals surface area (Å²) in [6.45, 7) is 3.74. The lowest BCUT2D eigenvalue weighted by molar-refractivity contribution is 0.194. The molecule has 2 N–H and O–H groups in total. The Labute approximate surface area is 92.7 Å². The van der Waals surface area contributed by atoms with Crippen LogP contribution in [0.1, 0.15) is 25.0 Å². The number of aryl methyl sites for hydroxylation is 1. The highest BCUT2D eigenvalue weighted by Crippen LogP contribution is 2.27. The normalized spacial score (nSPS) is 12.9. The van der Waals surface area contributed by atoms with E-state index < -0.39 is 6.10 Å². The molecule has 0 spiro atoms. The van der Waals surface area contributed by atoms with Gasteiger partial charge in [0.1, 0.15) is 5.75 Å². The van der Waals surface area contributed by atoms with Crippen LogP contribution >= 0.6 is 15.9 Å². The fourth-order valence-corrected chi connectivity index (χ4v) is 2.07. The fraction of sp³-hybridized carbons (Fsp3) is 0.455. The molecule has 0 aliphatic rings. The molecular weight excluding hydrogens is 244 g/mol. The van der Waals surface area contributed by atoms with E-state index in [2.05, 4.69) is 15.9 Å². The number of phenolic OH excluding ortho intramolecular Hbond substituents is 1. The SMILES string of the molecule is CCc1cc(O)c(CC(C)O)cc1Br. The van der Waals surface area contributed by atoms with E-state index in [-0.39, 0.29) is 5.75 Å². The molecule has 0 bridgehead atoms. The second-order valence-electron chi connectivity index (χ2n) is 3.48. The van der Waals surface area contributed by atoms with Crippen molar-refractivity contribution >= 4 is 15.9 Å². The fourth-order valence-electron chi connectivity index (χ4n) is 1.40. The van der Waals surface area contributed by atoms with Crippen LogP contribution in [0.2, 0.25) is 0 Å². The number of phenols is 1. The van der Waals surface area contributed by atoms with Gasteiger partial charge in [0.2, 0.25) is 0 Å². The predicted molar refractivity (Wildman–Crippen MR) is 60.6 cm³/mol. The van der Waals surface area contributed by atoms with Crippen molar-refractivity contribution in [3.63, 3.8) is 0 Å². The highest BCUT2D eigenvalue weighted by Gasteiger charge is 2.08. The Morgan fingerprint density at radius 3 is 2.50 bits per heavy atom.